The van der Waals surface area contributed by atoms with Gasteiger partial charge in [0.05, 0.1) is 25.8 Å². The highest BCUT2D eigenvalue weighted by Crippen LogP contribution is 2.32. The summed E-state index contributed by atoms with van der Waals surface area (Å²) in [4.78, 5) is 19.5. The van der Waals surface area contributed by atoms with Crippen LogP contribution in [0.3, 0.4) is 0 Å². The molecular weight excluding hydrogens is 275 g/mol. The van der Waals surface area contributed by atoms with Crippen LogP contribution >= 0.6 is 0 Å². The minimum absolute atomic E-state index is 0.0970. The molecule has 3 rings (SSSR count). The zero-order chi connectivity index (χ0) is 14.8. The van der Waals surface area contributed by atoms with Gasteiger partial charge >= 0.3 is 0 Å². The first-order chi connectivity index (χ1) is 10.2. The van der Waals surface area contributed by atoms with Crippen LogP contribution in [0.5, 0.6) is 5.88 Å². The van der Waals surface area contributed by atoms with Gasteiger partial charge in [-0.3, -0.25) is 4.79 Å². The lowest BCUT2D eigenvalue weighted by atomic mass is 9.97. The number of fused-ring (bicyclic) bond motifs is 1. The summed E-state index contributed by atoms with van der Waals surface area (Å²) in [6.07, 6.45) is 1.28. The number of halogens is 1. The summed E-state index contributed by atoms with van der Waals surface area (Å²) >= 11 is 0. The highest BCUT2D eigenvalue weighted by atomic mass is 19.1. The van der Waals surface area contributed by atoms with Crippen LogP contribution in [0.2, 0.25) is 0 Å². The number of hydrogen-bond acceptors (Lipinski definition) is 5. The van der Waals surface area contributed by atoms with Crippen molar-refractivity contribution < 1.29 is 13.9 Å². The second-order valence-corrected chi connectivity index (χ2v) is 4.59. The first kappa shape index (κ1) is 13.3. The molecule has 6 nitrogen and oxygen atoms in total. The summed E-state index contributed by atoms with van der Waals surface area (Å²) in [5, 5.41) is 5.84. The fourth-order valence-electron chi connectivity index (χ4n) is 2.26. The Hall–Kier alpha value is -2.70. The van der Waals surface area contributed by atoms with Gasteiger partial charge in [-0.25, -0.2) is 4.98 Å². The van der Waals surface area contributed by atoms with E-state index in [-0.39, 0.29) is 30.2 Å². The van der Waals surface area contributed by atoms with Crippen molar-refractivity contribution in [2.24, 2.45) is 0 Å². The van der Waals surface area contributed by atoms with Gasteiger partial charge in [-0.2, -0.15) is 9.37 Å². The van der Waals surface area contributed by atoms with E-state index in [1.807, 2.05) is 24.3 Å². The second-order valence-electron chi connectivity index (χ2n) is 4.59. The minimum atomic E-state index is -0.634. The Bertz CT molecular complexity index is 692. The molecule has 0 bridgehead atoms. The largest absolute Gasteiger partial charge is 0.479 e. The lowest BCUT2D eigenvalue weighted by molar-refractivity contribution is -0.116. The van der Waals surface area contributed by atoms with Gasteiger partial charge in [-0.15, -0.1) is 0 Å². The monoisotopic (exact) mass is 288 g/mol. The Kier molecular flexibility index (Phi) is 3.39. The predicted molar refractivity (Wildman–Crippen MR) is 74.6 cm³/mol. The van der Waals surface area contributed by atoms with Gasteiger partial charge in [-0.1, -0.05) is 18.2 Å². The summed E-state index contributed by atoms with van der Waals surface area (Å²) < 4.78 is 18.1. The Morgan fingerprint density at radius 3 is 3.05 bits per heavy atom. The number of para-hydroxylation sites is 1. The fraction of sp³-hybridized carbons (Fsp3) is 0.214. The lowest BCUT2D eigenvalue weighted by Gasteiger charge is -2.26. The van der Waals surface area contributed by atoms with Gasteiger partial charge in [-0.05, 0) is 11.6 Å². The number of nitrogens with zero attached hydrogens (tertiary/aromatic N) is 2. The molecular formula is C14H13FN4O2. The molecule has 0 fully saturated rings. The van der Waals surface area contributed by atoms with Crippen molar-refractivity contribution in [3.05, 3.63) is 41.8 Å². The summed E-state index contributed by atoms with van der Waals surface area (Å²) in [7, 11) is 1.33. The molecule has 21 heavy (non-hydrogen) atoms. The zero-order valence-corrected chi connectivity index (χ0v) is 11.3. The normalized spacial score (nSPS) is 16.9. The standard InChI is InChI=1S/C14H13FN4O2/c1-21-13-9(15)7-16-14(19-13)18-11-6-12(20)17-10-5-3-2-4-8(10)11/h2-5,7,11H,6H2,1H3,(H,17,20)(H,16,18,19). The summed E-state index contributed by atoms with van der Waals surface area (Å²) in [6.45, 7) is 0. The first-order valence-electron chi connectivity index (χ1n) is 6.39. The maximum atomic E-state index is 13.3. The number of hydrogen-bond donors (Lipinski definition) is 2. The summed E-state index contributed by atoms with van der Waals surface area (Å²) in [5.41, 5.74) is 1.68. The Balaban J connectivity index is 1.90. The average Bonchev–Trinajstić information content (AvgIpc) is 2.49. The number of rotatable bonds is 3. The molecule has 0 radical (unpaired) electrons. The van der Waals surface area contributed by atoms with E-state index in [9.17, 15) is 9.18 Å². The van der Waals surface area contributed by atoms with Crippen molar-refractivity contribution in [2.45, 2.75) is 12.5 Å². The molecule has 1 aliphatic rings. The third-order valence-corrected chi connectivity index (χ3v) is 3.21. The Morgan fingerprint density at radius 1 is 1.43 bits per heavy atom. The number of amides is 1. The van der Waals surface area contributed by atoms with Crippen molar-refractivity contribution >= 4 is 17.5 Å². The van der Waals surface area contributed by atoms with E-state index in [4.69, 9.17) is 4.74 Å². The number of nitrogens with one attached hydrogen (secondary N) is 2. The molecule has 7 heteroatoms. The molecule has 1 atom stereocenters. The third-order valence-electron chi connectivity index (χ3n) is 3.21. The van der Waals surface area contributed by atoms with Gasteiger partial charge in [0.1, 0.15) is 0 Å². The number of benzene rings is 1. The van der Waals surface area contributed by atoms with Gasteiger partial charge in [0.2, 0.25) is 17.7 Å². The third kappa shape index (κ3) is 2.62. The van der Waals surface area contributed by atoms with Gasteiger partial charge in [0, 0.05) is 5.69 Å². The number of aromatic nitrogens is 2. The van der Waals surface area contributed by atoms with E-state index < -0.39 is 5.82 Å². The molecule has 1 aromatic heterocycles. The first-order valence-corrected chi connectivity index (χ1v) is 6.39. The number of carbonyl (C=O) groups is 1. The van der Waals surface area contributed by atoms with E-state index in [1.54, 1.807) is 0 Å². The van der Waals surface area contributed by atoms with Crippen molar-refractivity contribution in [2.75, 3.05) is 17.7 Å². The topological polar surface area (TPSA) is 76.1 Å². The molecule has 0 saturated heterocycles. The SMILES string of the molecule is COc1nc(NC2CC(=O)Nc3ccccc32)ncc1F. The van der Waals surface area contributed by atoms with Crippen molar-refractivity contribution in [1.82, 2.24) is 9.97 Å². The molecule has 1 unspecified atom stereocenters. The van der Waals surface area contributed by atoms with Crippen LogP contribution in [0.4, 0.5) is 16.0 Å². The van der Waals surface area contributed by atoms with E-state index in [1.165, 1.54) is 7.11 Å². The lowest BCUT2D eigenvalue weighted by Crippen LogP contribution is -2.27. The molecule has 2 N–H and O–H groups in total. The van der Waals surface area contributed by atoms with Crippen LogP contribution in [-0.2, 0) is 4.79 Å². The quantitative estimate of drug-likeness (QED) is 0.904. The highest BCUT2D eigenvalue weighted by Gasteiger charge is 2.25. The van der Waals surface area contributed by atoms with Gasteiger partial charge in [0.25, 0.3) is 5.88 Å². The van der Waals surface area contributed by atoms with Crippen LogP contribution in [0.15, 0.2) is 30.5 Å². The number of anilines is 2. The predicted octanol–water partition coefficient (Wildman–Crippen LogP) is 2.12. The van der Waals surface area contributed by atoms with E-state index >= 15 is 0 Å². The fourth-order valence-corrected chi connectivity index (χ4v) is 2.26. The number of carbonyl (C=O) groups excluding carboxylic acids is 1. The van der Waals surface area contributed by atoms with Crippen LogP contribution in [0.25, 0.3) is 0 Å². The molecule has 1 amide bonds. The summed E-state index contributed by atoms with van der Waals surface area (Å²) in [6, 6.07) is 7.20. The van der Waals surface area contributed by atoms with Gasteiger partial charge < -0.3 is 15.4 Å². The van der Waals surface area contributed by atoms with Crippen LogP contribution in [-0.4, -0.2) is 23.0 Å². The van der Waals surface area contributed by atoms with Crippen molar-refractivity contribution in [3.8, 4) is 5.88 Å². The maximum Gasteiger partial charge on any atom is 0.255 e. The molecule has 1 aromatic carbocycles. The van der Waals surface area contributed by atoms with Crippen LogP contribution < -0.4 is 15.4 Å². The minimum Gasteiger partial charge on any atom is -0.479 e. The molecule has 0 aliphatic carbocycles. The van der Waals surface area contributed by atoms with E-state index in [2.05, 4.69) is 20.6 Å². The van der Waals surface area contributed by atoms with Crippen LogP contribution in [0, 0.1) is 5.82 Å². The molecule has 108 valence electrons. The van der Waals surface area contributed by atoms with Crippen LogP contribution in [0.1, 0.15) is 18.0 Å². The molecule has 0 spiro atoms. The molecule has 0 saturated carbocycles. The second kappa shape index (κ2) is 5.35. The Labute approximate surface area is 120 Å². The van der Waals surface area contributed by atoms with Gasteiger partial charge in [0.15, 0.2) is 0 Å². The zero-order valence-electron chi connectivity index (χ0n) is 11.3. The summed E-state index contributed by atoms with van der Waals surface area (Å²) in [5.74, 6) is -0.658. The molecule has 2 aromatic rings. The number of ether oxygens (including phenoxy) is 1. The maximum absolute atomic E-state index is 13.3. The smallest absolute Gasteiger partial charge is 0.255 e. The Morgan fingerprint density at radius 2 is 2.24 bits per heavy atom. The highest BCUT2D eigenvalue weighted by molar-refractivity contribution is 5.95. The molecule has 2 heterocycles. The van der Waals surface area contributed by atoms with E-state index in [0.717, 1.165) is 17.4 Å². The van der Waals surface area contributed by atoms with Crippen molar-refractivity contribution in [3.63, 3.8) is 0 Å². The van der Waals surface area contributed by atoms with Crippen molar-refractivity contribution in [1.29, 1.82) is 0 Å². The molecule has 1 aliphatic heterocycles. The average molecular weight is 288 g/mol. The number of methoxy groups -OCH3 is 1. The van der Waals surface area contributed by atoms with E-state index in [0.29, 0.717) is 0 Å².